The molecule has 1 atom stereocenters. The smallest absolute Gasteiger partial charge is 0.335 e. The molecule has 0 aromatic heterocycles. The van der Waals surface area contributed by atoms with E-state index in [0.29, 0.717) is 30.8 Å². The van der Waals surface area contributed by atoms with Crippen LogP contribution in [0.1, 0.15) is 27.9 Å². The van der Waals surface area contributed by atoms with E-state index in [2.05, 4.69) is 4.72 Å². The van der Waals surface area contributed by atoms with Crippen LogP contribution in [0.2, 0.25) is 0 Å². The molecular formula is C13H17NO5S. The van der Waals surface area contributed by atoms with Crippen molar-refractivity contribution >= 4 is 16.0 Å². The maximum absolute atomic E-state index is 12.4. The number of ether oxygens (including phenoxy) is 1. The maximum Gasteiger partial charge on any atom is 0.335 e. The summed E-state index contributed by atoms with van der Waals surface area (Å²) in [6.45, 7) is 4.23. The van der Waals surface area contributed by atoms with Crippen LogP contribution in [0.15, 0.2) is 17.0 Å². The topological polar surface area (TPSA) is 92.7 Å². The van der Waals surface area contributed by atoms with Gasteiger partial charge in [0, 0.05) is 12.6 Å². The van der Waals surface area contributed by atoms with Gasteiger partial charge in [0.2, 0.25) is 10.0 Å². The standard InChI is InChI=1S/C13H17NO5S/c1-8-5-10(13(15)16)6-12(9(8)2)20(17,18)14-11-3-4-19-7-11/h5-6,11,14H,3-4,7H2,1-2H3,(H,15,16). The Labute approximate surface area is 117 Å². The van der Waals surface area contributed by atoms with E-state index in [1.165, 1.54) is 12.1 Å². The fraction of sp³-hybridized carbons (Fsp3) is 0.462. The molecule has 0 saturated carbocycles. The number of carbonyl (C=O) groups is 1. The Kier molecular flexibility index (Phi) is 4.12. The molecule has 1 unspecified atom stereocenters. The van der Waals surface area contributed by atoms with Crippen molar-refractivity contribution in [2.24, 2.45) is 0 Å². The molecule has 2 N–H and O–H groups in total. The second kappa shape index (κ2) is 5.51. The number of carboxylic acid groups (broad SMARTS) is 1. The average Bonchev–Trinajstić information content (AvgIpc) is 2.83. The van der Waals surface area contributed by atoms with Gasteiger partial charge in [-0.25, -0.2) is 17.9 Å². The minimum Gasteiger partial charge on any atom is -0.478 e. The summed E-state index contributed by atoms with van der Waals surface area (Å²) in [6, 6.07) is 2.41. The molecule has 1 heterocycles. The van der Waals surface area contributed by atoms with Gasteiger partial charge in [-0.05, 0) is 43.5 Å². The van der Waals surface area contributed by atoms with Crippen molar-refractivity contribution in [2.75, 3.05) is 13.2 Å². The fourth-order valence-corrected chi connectivity index (χ4v) is 3.74. The molecular weight excluding hydrogens is 282 g/mol. The van der Waals surface area contributed by atoms with Crippen LogP contribution >= 0.6 is 0 Å². The number of hydrogen-bond acceptors (Lipinski definition) is 4. The number of benzene rings is 1. The van der Waals surface area contributed by atoms with Gasteiger partial charge < -0.3 is 9.84 Å². The van der Waals surface area contributed by atoms with Crippen molar-refractivity contribution in [1.29, 1.82) is 0 Å². The first-order valence-corrected chi connectivity index (χ1v) is 7.74. The van der Waals surface area contributed by atoms with Crippen molar-refractivity contribution in [3.8, 4) is 0 Å². The van der Waals surface area contributed by atoms with Gasteiger partial charge in [0.25, 0.3) is 0 Å². The lowest BCUT2D eigenvalue weighted by Gasteiger charge is -2.15. The Morgan fingerprint density at radius 3 is 2.65 bits per heavy atom. The minimum atomic E-state index is -3.75. The number of aromatic carboxylic acids is 1. The molecule has 0 amide bonds. The molecule has 1 fully saturated rings. The molecule has 2 rings (SSSR count). The lowest BCUT2D eigenvalue weighted by Crippen LogP contribution is -2.35. The Morgan fingerprint density at radius 1 is 1.40 bits per heavy atom. The molecule has 20 heavy (non-hydrogen) atoms. The third kappa shape index (κ3) is 3.00. The van der Waals surface area contributed by atoms with E-state index >= 15 is 0 Å². The highest BCUT2D eigenvalue weighted by atomic mass is 32.2. The largest absolute Gasteiger partial charge is 0.478 e. The number of nitrogens with one attached hydrogen (secondary N) is 1. The van der Waals surface area contributed by atoms with Gasteiger partial charge in [0.05, 0.1) is 17.1 Å². The summed E-state index contributed by atoms with van der Waals surface area (Å²) in [4.78, 5) is 11.1. The summed E-state index contributed by atoms with van der Waals surface area (Å²) in [5.74, 6) is -1.14. The second-order valence-electron chi connectivity index (χ2n) is 4.90. The molecule has 1 saturated heterocycles. The van der Waals surface area contributed by atoms with Crippen LogP contribution in [0.25, 0.3) is 0 Å². The Balaban J connectivity index is 2.41. The van der Waals surface area contributed by atoms with Gasteiger partial charge >= 0.3 is 5.97 Å². The van der Waals surface area contributed by atoms with Crippen molar-refractivity contribution in [3.63, 3.8) is 0 Å². The van der Waals surface area contributed by atoms with Crippen molar-refractivity contribution in [2.45, 2.75) is 31.2 Å². The molecule has 1 aromatic rings. The van der Waals surface area contributed by atoms with Crippen molar-refractivity contribution < 1.29 is 23.1 Å². The first kappa shape index (κ1) is 15.0. The lowest BCUT2D eigenvalue weighted by atomic mass is 10.1. The van der Waals surface area contributed by atoms with E-state index < -0.39 is 16.0 Å². The van der Waals surface area contributed by atoms with E-state index in [1.807, 2.05) is 0 Å². The molecule has 1 aliphatic heterocycles. The van der Waals surface area contributed by atoms with Crippen LogP contribution in [0.4, 0.5) is 0 Å². The van der Waals surface area contributed by atoms with Crippen LogP contribution in [-0.2, 0) is 14.8 Å². The van der Waals surface area contributed by atoms with Crippen LogP contribution in [-0.4, -0.2) is 38.7 Å². The first-order chi connectivity index (χ1) is 9.31. The molecule has 0 spiro atoms. The average molecular weight is 299 g/mol. The third-order valence-electron chi connectivity index (χ3n) is 3.41. The van der Waals surface area contributed by atoms with Crippen LogP contribution in [0.3, 0.4) is 0 Å². The summed E-state index contributed by atoms with van der Waals surface area (Å²) < 4.78 is 32.4. The number of aryl methyl sites for hydroxylation is 1. The van der Waals surface area contributed by atoms with Gasteiger partial charge in [-0.15, -0.1) is 0 Å². The number of sulfonamides is 1. The Bertz CT molecular complexity index is 632. The number of carboxylic acids is 1. The van der Waals surface area contributed by atoms with Gasteiger partial charge in [-0.2, -0.15) is 0 Å². The quantitative estimate of drug-likeness (QED) is 0.867. The lowest BCUT2D eigenvalue weighted by molar-refractivity contribution is 0.0696. The van der Waals surface area contributed by atoms with Crippen LogP contribution < -0.4 is 4.72 Å². The van der Waals surface area contributed by atoms with Gasteiger partial charge in [0.1, 0.15) is 0 Å². The minimum absolute atomic E-state index is 0.0156. The molecule has 0 bridgehead atoms. The predicted molar refractivity (Wildman–Crippen MR) is 72.4 cm³/mol. The van der Waals surface area contributed by atoms with Gasteiger partial charge in [-0.1, -0.05) is 0 Å². The van der Waals surface area contributed by atoms with Crippen molar-refractivity contribution in [1.82, 2.24) is 4.72 Å². The summed E-state index contributed by atoms with van der Waals surface area (Å²) in [7, 11) is -3.75. The highest BCUT2D eigenvalue weighted by Gasteiger charge is 2.26. The van der Waals surface area contributed by atoms with E-state index in [9.17, 15) is 13.2 Å². The predicted octanol–water partition coefficient (Wildman–Crippen LogP) is 1.07. The number of rotatable bonds is 4. The second-order valence-corrected chi connectivity index (χ2v) is 6.59. The van der Waals surface area contributed by atoms with E-state index in [-0.39, 0.29) is 16.5 Å². The van der Waals surface area contributed by atoms with Crippen molar-refractivity contribution in [3.05, 3.63) is 28.8 Å². The molecule has 110 valence electrons. The normalized spacial score (nSPS) is 19.2. The Morgan fingerprint density at radius 2 is 2.10 bits per heavy atom. The van der Waals surface area contributed by atoms with Gasteiger partial charge in [0.15, 0.2) is 0 Å². The highest BCUT2D eigenvalue weighted by Crippen LogP contribution is 2.22. The zero-order chi connectivity index (χ0) is 14.9. The van der Waals surface area contributed by atoms with Crippen LogP contribution in [0, 0.1) is 13.8 Å². The molecule has 0 aliphatic carbocycles. The molecule has 1 aromatic carbocycles. The summed E-state index contributed by atoms with van der Waals surface area (Å²) in [5.41, 5.74) is 1.16. The van der Waals surface area contributed by atoms with Gasteiger partial charge in [-0.3, -0.25) is 0 Å². The monoisotopic (exact) mass is 299 g/mol. The molecule has 6 nitrogen and oxygen atoms in total. The maximum atomic E-state index is 12.4. The highest BCUT2D eigenvalue weighted by molar-refractivity contribution is 7.89. The summed E-state index contributed by atoms with van der Waals surface area (Å²) in [6.07, 6.45) is 0.621. The molecule has 1 aliphatic rings. The summed E-state index contributed by atoms with van der Waals surface area (Å²) in [5, 5.41) is 9.04. The van der Waals surface area contributed by atoms with E-state index in [4.69, 9.17) is 9.84 Å². The first-order valence-electron chi connectivity index (χ1n) is 6.26. The number of hydrogen-bond donors (Lipinski definition) is 2. The van der Waals surface area contributed by atoms with Crippen LogP contribution in [0.5, 0.6) is 0 Å². The third-order valence-corrected chi connectivity index (χ3v) is 5.05. The fourth-order valence-electron chi connectivity index (χ4n) is 2.14. The Hall–Kier alpha value is -1.44. The van der Waals surface area contributed by atoms with E-state index in [1.54, 1.807) is 13.8 Å². The van der Waals surface area contributed by atoms with E-state index in [0.717, 1.165) is 0 Å². The SMILES string of the molecule is Cc1cc(C(=O)O)cc(S(=O)(=O)NC2CCOC2)c1C. The zero-order valence-corrected chi connectivity index (χ0v) is 12.2. The summed E-state index contributed by atoms with van der Waals surface area (Å²) >= 11 is 0. The molecule has 0 radical (unpaired) electrons. The zero-order valence-electron chi connectivity index (χ0n) is 11.3. The molecule has 7 heteroatoms.